The number of carbonyl (C=O) groups is 1. The van der Waals surface area contributed by atoms with E-state index in [-0.39, 0.29) is 0 Å². The minimum absolute atomic E-state index is 0.421. The lowest BCUT2D eigenvalue weighted by molar-refractivity contribution is -0.905. The number of hydrogen-bond acceptors (Lipinski definition) is 5. The van der Waals surface area contributed by atoms with Crippen molar-refractivity contribution >= 4 is 16.2 Å². The van der Waals surface area contributed by atoms with E-state index in [2.05, 4.69) is 17.8 Å². The molecule has 1 rings (SSSR count). The molecule has 0 aromatic heterocycles. The van der Waals surface area contributed by atoms with E-state index < -0.39 is 10.4 Å². The van der Waals surface area contributed by atoms with E-state index in [0.717, 1.165) is 44.1 Å². The number of likely N-dealkylation sites (N-methyl/N-ethyl adjacent to an activating group) is 1. The third-order valence-corrected chi connectivity index (χ3v) is 3.04. The molecule has 1 fully saturated rings. The molecule has 0 saturated carbocycles. The Balaban J connectivity index is 0.000000366. The van der Waals surface area contributed by atoms with Crippen LogP contribution in [-0.2, 0) is 19.4 Å². The minimum Gasteiger partial charge on any atom is -0.726 e. The van der Waals surface area contributed by atoms with Crippen molar-refractivity contribution in [2.45, 2.75) is 12.8 Å². The van der Waals surface area contributed by atoms with Crippen LogP contribution in [0.4, 0.5) is 0 Å². The lowest BCUT2D eigenvalue weighted by atomic mass is 10.1. The number of piperidine rings is 1. The SMILES string of the molecule is C=CC[N+]1(C)CCC(=O)CC1.COS(=O)(=O)[O-]. The van der Waals surface area contributed by atoms with Gasteiger partial charge in [0.15, 0.2) is 0 Å². The van der Waals surface area contributed by atoms with Crippen molar-refractivity contribution in [3.63, 3.8) is 0 Å². The summed E-state index contributed by atoms with van der Waals surface area (Å²) in [6, 6.07) is 0. The van der Waals surface area contributed by atoms with Crippen molar-refractivity contribution in [2.24, 2.45) is 0 Å². The van der Waals surface area contributed by atoms with E-state index in [9.17, 15) is 17.8 Å². The zero-order chi connectivity index (χ0) is 13.5. The van der Waals surface area contributed by atoms with Gasteiger partial charge < -0.3 is 9.04 Å². The Morgan fingerprint density at radius 3 is 2.18 bits per heavy atom. The van der Waals surface area contributed by atoms with Crippen molar-refractivity contribution in [2.75, 3.05) is 33.8 Å². The maximum Gasteiger partial charge on any atom is 0.217 e. The van der Waals surface area contributed by atoms with Crippen LogP contribution in [0.15, 0.2) is 12.7 Å². The van der Waals surface area contributed by atoms with Crippen LogP contribution in [0.3, 0.4) is 0 Å². The summed E-state index contributed by atoms with van der Waals surface area (Å²) >= 11 is 0. The first-order valence-electron chi connectivity index (χ1n) is 5.20. The van der Waals surface area contributed by atoms with Crippen LogP contribution < -0.4 is 0 Å². The highest BCUT2D eigenvalue weighted by Gasteiger charge is 2.26. The molecule has 1 aliphatic heterocycles. The second kappa shape index (κ2) is 6.85. The molecule has 0 aromatic rings. The maximum absolute atomic E-state index is 10.9. The summed E-state index contributed by atoms with van der Waals surface area (Å²) in [5.74, 6) is 0.421. The predicted molar refractivity (Wildman–Crippen MR) is 61.9 cm³/mol. The molecular formula is C10H19NO5S. The third-order valence-electron chi connectivity index (χ3n) is 2.63. The van der Waals surface area contributed by atoms with Crippen LogP contribution in [0.2, 0.25) is 0 Å². The van der Waals surface area contributed by atoms with Gasteiger partial charge in [0.1, 0.15) is 5.78 Å². The average Bonchev–Trinajstić information content (AvgIpc) is 2.23. The van der Waals surface area contributed by atoms with Crippen molar-refractivity contribution in [3.05, 3.63) is 12.7 Å². The number of rotatable bonds is 3. The van der Waals surface area contributed by atoms with Gasteiger partial charge in [0.2, 0.25) is 10.4 Å². The molecule has 0 aliphatic carbocycles. The fourth-order valence-electron chi connectivity index (χ4n) is 1.52. The second-order valence-corrected chi connectivity index (χ2v) is 5.30. The summed E-state index contributed by atoms with van der Waals surface area (Å²) in [6.45, 7) is 6.69. The Bertz CT molecular complexity index is 353. The lowest BCUT2D eigenvalue weighted by Crippen LogP contribution is -2.49. The van der Waals surface area contributed by atoms with Crippen LogP contribution in [0, 0.1) is 0 Å². The van der Waals surface area contributed by atoms with Crippen molar-refractivity contribution < 1.29 is 26.4 Å². The van der Waals surface area contributed by atoms with Crippen LogP contribution >= 0.6 is 0 Å². The molecule has 1 heterocycles. The molecule has 1 aliphatic rings. The molecule has 6 nitrogen and oxygen atoms in total. The van der Waals surface area contributed by atoms with E-state index in [4.69, 9.17) is 0 Å². The highest BCUT2D eigenvalue weighted by molar-refractivity contribution is 7.80. The molecule has 0 spiro atoms. The Hall–Kier alpha value is -0.760. The molecular weight excluding hydrogens is 246 g/mol. The first-order valence-corrected chi connectivity index (χ1v) is 6.53. The second-order valence-electron chi connectivity index (χ2n) is 4.15. The van der Waals surface area contributed by atoms with Gasteiger partial charge in [-0.05, 0) is 6.08 Å². The maximum atomic E-state index is 10.9. The van der Waals surface area contributed by atoms with Crippen LogP contribution in [0.25, 0.3) is 0 Å². The van der Waals surface area contributed by atoms with Crippen LogP contribution in [0.5, 0.6) is 0 Å². The fourth-order valence-corrected chi connectivity index (χ4v) is 1.52. The molecule has 0 aromatic carbocycles. The van der Waals surface area contributed by atoms with Gasteiger partial charge >= 0.3 is 0 Å². The number of ketones is 1. The van der Waals surface area contributed by atoms with Gasteiger partial charge in [0.25, 0.3) is 0 Å². The number of hydrogen-bond donors (Lipinski definition) is 0. The summed E-state index contributed by atoms with van der Waals surface area (Å²) in [5.41, 5.74) is 0. The summed E-state index contributed by atoms with van der Waals surface area (Å²) in [4.78, 5) is 10.9. The van der Waals surface area contributed by atoms with Crippen LogP contribution in [0.1, 0.15) is 12.8 Å². The largest absolute Gasteiger partial charge is 0.726 e. The van der Waals surface area contributed by atoms with Crippen molar-refractivity contribution in [3.8, 4) is 0 Å². The van der Waals surface area contributed by atoms with E-state index in [1.807, 2.05) is 6.08 Å². The summed E-state index contributed by atoms with van der Waals surface area (Å²) in [7, 11) is -1.42. The smallest absolute Gasteiger partial charge is 0.217 e. The van der Waals surface area contributed by atoms with Crippen molar-refractivity contribution in [1.82, 2.24) is 0 Å². The molecule has 0 unspecified atom stereocenters. The number of Topliss-reactive ketones (excluding diaryl/α,β-unsaturated/α-hetero) is 1. The quantitative estimate of drug-likeness (QED) is 0.312. The topological polar surface area (TPSA) is 83.5 Å². The zero-order valence-electron chi connectivity index (χ0n) is 10.2. The Labute approximate surface area is 102 Å². The predicted octanol–water partition coefficient (Wildman–Crippen LogP) is 0.0749. The first kappa shape index (κ1) is 16.2. The molecule has 0 radical (unpaired) electrons. The Kier molecular flexibility index (Phi) is 6.54. The van der Waals surface area contributed by atoms with Gasteiger partial charge in [-0.1, -0.05) is 6.58 Å². The first-order chi connectivity index (χ1) is 7.72. The highest BCUT2D eigenvalue weighted by Crippen LogP contribution is 2.13. The van der Waals surface area contributed by atoms with Gasteiger partial charge in [-0.2, -0.15) is 0 Å². The average molecular weight is 265 g/mol. The molecule has 0 bridgehead atoms. The van der Waals surface area contributed by atoms with E-state index in [1.165, 1.54) is 0 Å². The van der Waals surface area contributed by atoms with Crippen LogP contribution in [-0.4, -0.2) is 57.0 Å². The fraction of sp³-hybridized carbons (Fsp3) is 0.700. The summed E-state index contributed by atoms with van der Waals surface area (Å²) < 4.78 is 32.0. The standard InChI is InChI=1S/C9H16NO.CH4O4S/c1-3-6-10(2)7-4-9(11)5-8-10;1-5-6(2,3)4/h3H,1,4-8H2,2H3;1H3,(H,2,3,4)/q+1;/p-1. The van der Waals surface area contributed by atoms with Gasteiger partial charge in [-0.3, -0.25) is 8.98 Å². The number of likely N-dealkylation sites (tertiary alicyclic amines) is 1. The highest BCUT2D eigenvalue weighted by atomic mass is 32.3. The summed E-state index contributed by atoms with van der Waals surface area (Å²) in [6.07, 6.45) is 3.45. The number of nitrogens with zero attached hydrogens (tertiary/aromatic N) is 1. The molecule has 1 saturated heterocycles. The Morgan fingerprint density at radius 2 is 1.88 bits per heavy atom. The van der Waals surface area contributed by atoms with Gasteiger partial charge in [0.05, 0.1) is 46.6 Å². The van der Waals surface area contributed by atoms with E-state index in [0.29, 0.717) is 5.78 Å². The van der Waals surface area contributed by atoms with Gasteiger partial charge in [0, 0.05) is 0 Å². The Morgan fingerprint density at radius 1 is 1.47 bits per heavy atom. The third kappa shape index (κ3) is 8.03. The minimum atomic E-state index is -4.41. The molecule has 100 valence electrons. The normalized spacial score (nSPS) is 19.1. The molecule has 0 atom stereocenters. The van der Waals surface area contributed by atoms with E-state index >= 15 is 0 Å². The van der Waals surface area contributed by atoms with Gasteiger partial charge in [-0.15, -0.1) is 0 Å². The van der Waals surface area contributed by atoms with E-state index in [1.54, 1.807) is 0 Å². The van der Waals surface area contributed by atoms with Crippen molar-refractivity contribution in [1.29, 1.82) is 0 Å². The van der Waals surface area contributed by atoms with Gasteiger partial charge in [-0.25, -0.2) is 8.42 Å². The lowest BCUT2D eigenvalue weighted by Gasteiger charge is -2.36. The monoisotopic (exact) mass is 265 g/mol. The molecule has 7 heteroatoms. The summed E-state index contributed by atoms with van der Waals surface area (Å²) in [5, 5.41) is 0. The molecule has 17 heavy (non-hydrogen) atoms. The zero-order valence-corrected chi connectivity index (χ0v) is 11.0. The number of carbonyl (C=O) groups excluding carboxylic acids is 1. The molecule has 0 N–H and O–H groups in total. The number of quaternary nitrogens is 1. The molecule has 0 amide bonds.